The lowest BCUT2D eigenvalue weighted by molar-refractivity contribution is -0.121. The van der Waals surface area contributed by atoms with Crippen LogP contribution in [0.1, 0.15) is 39.0 Å². The number of unbranched alkanes of at least 4 members (excludes halogenated alkanes) is 3. The van der Waals surface area contributed by atoms with Gasteiger partial charge in [-0.15, -0.1) is 0 Å². The van der Waals surface area contributed by atoms with Crippen molar-refractivity contribution in [1.29, 1.82) is 0 Å². The van der Waals surface area contributed by atoms with Crippen LogP contribution >= 0.6 is 29.2 Å². The highest BCUT2D eigenvalue weighted by atomic mass is 33.1. The molecule has 142 valence electrons. The quantitative estimate of drug-likeness (QED) is 0.219. The lowest BCUT2D eigenvalue weighted by Gasteiger charge is -2.07. The fourth-order valence-corrected chi connectivity index (χ4v) is 4.38. The van der Waals surface area contributed by atoms with Gasteiger partial charge in [0, 0.05) is 37.1 Å². The predicted octanol–water partition coefficient (Wildman–Crippen LogP) is 2.39. The zero-order valence-corrected chi connectivity index (χ0v) is 16.9. The number of rotatable bonds is 15. The Bertz CT molecular complexity index is 420. The molecule has 2 atom stereocenters. The number of hydrogen-bond donors (Lipinski definition) is 3. The maximum atomic E-state index is 11.6. The number of hydrogen-bond acceptors (Lipinski definition) is 6. The van der Waals surface area contributed by atoms with Crippen molar-refractivity contribution in [1.82, 2.24) is 5.32 Å². The smallest absolute Gasteiger partial charge is 0.325 e. The third kappa shape index (κ3) is 16.6. The highest BCUT2D eigenvalue weighted by molar-refractivity contribution is 8.76. The molecule has 2 unspecified atom stereocenters. The molecule has 2 amide bonds. The van der Waals surface area contributed by atoms with Crippen molar-refractivity contribution in [2.24, 2.45) is 11.7 Å². The summed E-state index contributed by atoms with van der Waals surface area (Å²) < 4.78 is 15.7. The number of nitrogens with one attached hydrogen (secondary N) is 1. The Morgan fingerprint density at radius 3 is 2.54 bits per heavy atom. The highest BCUT2D eigenvalue weighted by Gasteiger charge is 2.09. The van der Waals surface area contributed by atoms with Crippen molar-refractivity contribution in [3.05, 3.63) is 0 Å². The normalized spacial score (nSPS) is 14.8. The molecule has 0 bridgehead atoms. The first kappa shape index (κ1) is 23.8. The van der Waals surface area contributed by atoms with Crippen LogP contribution in [0, 0.1) is 5.92 Å². The van der Waals surface area contributed by atoms with E-state index in [0.717, 1.165) is 25.7 Å². The molecule has 0 aromatic heterocycles. The monoisotopic (exact) mass is 400 g/mol. The molecular weight excluding hydrogens is 371 g/mol. The highest BCUT2D eigenvalue weighted by Crippen LogP contribution is 2.36. The van der Waals surface area contributed by atoms with Gasteiger partial charge in [-0.2, -0.15) is 0 Å². The fraction of sp³-hybridized carbons (Fsp3) is 0.857. The van der Waals surface area contributed by atoms with Crippen LogP contribution in [0.5, 0.6) is 0 Å². The number of carbonyl (C=O) groups is 2. The van der Waals surface area contributed by atoms with Crippen LogP contribution in [0.15, 0.2) is 0 Å². The second-order valence-electron chi connectivity index (χ2n) is 5.56. The Labute approximate surface area is 152 Å². The topological polar surface area (TPSA) is 119 Å². The van der Waals surface area contributed by atoms with Gasteiger partial charge in [-0.25, -0.2) is 0 Å². The van der Waals surface area contributed by atoms with Crippen molar-refractivity contribution in [3.8, 4) is 0 Å². The average Bonchev–Trinajstić information content (AvgIpc) is 2.48. The summed E-state index contributed by atoms with van der Waals surface area (Å²) in [6.45, 7) is 3.90. The van der Waals surface area contributed by atoms with Crippen LogP contribution in [0.2, 0.25) is 0 Å². The summed E-state index contributed by atoms with van der Waals surface area (Å²) in [6, 6.07) is 0. The van der Waals surface area contributed by atoms with Crippen LogP contribution in [-0.4, -0.2) is 48.0 Å². The summed E-state index contributed by atoms with van der Waals surface area (Å²) in [4.78, 5) is 31.4. The van der Waals surface area contributed by atoms with E-state index >= 15 is 0 Å². The van der Waals surface area contributed by atoms with Gasteiger partial charge in [0.2, 0.25) is 11.8 Å². The molecule has 10 heteroatoms. The van der Waals surface area contributed by atoms with Crippen LogP contribution in [0.3, 0.4) is 0 Å². The van der Waals surface area contributed by atoms with Gasteiger partial charge in [-0.05, 0) is 12.8 Å². The molecule has 4 N–H and O–H groups in total. The van der Waals surface area contributed by atoms with Crippen molar-refractivity contribution in [3.63, 3.8) is 0 Å². The molecule has 0 fully saturated rings. The van der Waals surface area contributed by atoms with Crippen molar-refractivity contribution >= 4 is 41.0 Å². The zero-order chi connectivity index (χ0) is 18.4. The first-order valence-corrected chi connectivity index (χ1v) is 12.5. The van der Waals surface area contributed by atoms with Gasteiger partial charge < -0.3 is 20.5 Å². The lowest BCUT2D eigenvalue weighted by atomic mass is 10.2. The minimum atomic E-state index is -3.35. The molecule has 7 nitrogen and oxygen atoms in total. The van der Waals surface area contributed by atoms with Gasteiger partial charge in [0.05, 0.1) is 6.61 Å². The Morgan fingerprint density at radius 1 is 1.25 bits per heavy atom. The second kappa shape index (κ2) is 14.0. The molecule has 0 aliphatic carbocycles. The maximum Gasteiger partial charge on any atom is 0.325 e. The number of amides is 2. The van der Waals surface area contributed by atoms with Gasteiger partial charge in [-0.1, -0.05) is 41.4 Å². The molecule has 0 heterocycles. The minimum absolute atomic E-state index is 0.0292. The second-order valence-corrected chi connectivity index (χ2v) is 10.1. The van der Waals surface area contributed by atoms with E-state index in [9.17, 15) is 14.2 Å². The van der Waals surface area contributed by atoms with Crippen LogP contribution in [0.4, 0.5) is 0 Å². The van der Waals surface area contributed by atoms with Crippen LogP contribution < -0.4 is 11.1 Å². The molecule has 0 aromatic rings. The lowest BCUT2D eigenvalue weighted by Crippen LogP contribution is -2.24. The molecule has 0 aliphatic heterocycles. The third-order valence-electron chi connectivity index (χ3n) is 3.02. The molecule has 0 aromatic carbocycles. The fourth-order valence-electron chi connectivity index (χ4n) is 1.56. The number of nitrogens with two attached hydrogens (primary N) is 1. The zero-order valence-electron chi connectivity index (χ0n) is 14.4. The summed E-state index contributed by atoms with van der Waals surface area (Å²) in [5, 5.41) is 2.86. The van der Waals surface area contributed by atoms with Crippen LogP contribution in [-0.2, 0) is 18.7 Å². The van der Waals surface area contributed by atoms with E-state index in [-0.39, 0.29) is 17.7 Å². The molecule has 0 saturated carbocycles. The Balaban J connectivity index is 3.35. The van der Waals surface area contributed by atoms with Crippen molar-refractivity contribution in [2.75, 3.05) is 31.3 Å². The minimum Gasteiger partial charge on any atom is -0.369 e. The van der Waals surface area contributed by atoms with Gasteiger partial charge in [0.1, 0.15) is 0 Å². The summed E-state index contributed by atoms with van der Waals surface area (Å²) in [6.07, 6.45) is 3.93. The maximum absolute atomic E-state index is 11.6. The molecule has 0 rings (SSSR count). The molecule has 0 radical (unpaired) electrons. The first-order valence-electron chi connectivity index (χ1n) is 7.97. The standard InChI is InChI=1S/C14H29N2O5PS2/c1-12(14(15)18)11-24-23-10-7-13(17)16-8-5-3-4-6-9-21-22(2,19)20/h12H,3-11H2,1-2H3,(H2,15,18)(H,16,17)(H,19,20). The van der Waals surface area contributed by atoms with E-state index in [1.807, 2.05) is 0 Å². The van der Waals surface area contributed by atoms with Gasteiger partial charge in [0.25, 0.3) is 0 Å². The SMILES string of the molecule is CC(CSSCCC(=O)NCCCCCCOP(C)(=O)O)C(N)=O. The van der Waals surface area contributed by atoms with E-state index in [0.29, 0.717) is 31.1 Å². The average molecular weight is 401 g/mol. The molecule has 24 heavy (non-hydrogen) atoms. The summed E-state index contributed by atoms with van der Waals surface area (Å²) in [5.74, 6) is 0.949. The molecule has 0 aliphatic rings. The Morgan fingerprint density at radius 2 is 1.92 bits per heavy atom. The van der Waals surface area contributed by atoms with Crippen molar-refractivity contribution < 1.29 is 23.6 Å². The summed E-state index contributed by atoms with van der Waals surface area (Å²) in [7, 11) is -0.218. The Kier molecular flexibility index (Phi) is 13.9. The van der Waals surface area contributed by atoms with Gasteiger partial charge in [-0.3, -0.25) is 14.2 Å². The molecular formula is C14H29N2O5PS2. The van der Waals surface area contributed by atoms with E-state index < -0.39 is 7.60 Å². The van der Waals surface area contributed by atoms with Crippen LogP contribution in [0.25, 0.3) is 0 Å². The van der Waals surface area contributed by atoms with E-state index in [4.69, 9.17) is 15.2 Å². The summed E-state index contributed by atoms with van der Waals surface area (Å²) >= 11 is 0. The van der Waals surface area contributed by atoms with E-state index in [2.05, 4.69) is 5.32 Å². The molecule has 0 spiro atoms. The number of carbonyl (C=O) groups excluding carboxylic acids is 2. The summed E-state index contributed by atoms with van der Waals surface area (Å²) in [5.41, 5.74) is 5.17. The van der Waals surface area contributed by atoms with Gasteiger partial charge >= 0.3 is 7.60 Å². The first-order chi connectivity index (χ1) is 11.2. The van der Waals surface area contributed by atoms with Gasteiger partial charge in [0.15, 0.2) is 0 Å². The Hall–Kier alpha value is -0.210. The number of primary amides is 1. The predicted molar refractivity (Wildman–Crippen MR) is 101 cm³/mol. The van der Waals surface area contributed by atoms with E-state index in [1.165, 1.54) is 6.66 Å². The molecule has 0 saturated heterocycles. The largest absolute Gasteiger partial charge is 0.369 e. The van der Waals surface area contributed by atoms with E-state index in [1.54, 1.807) is 28.5 Å². The van der Waals surface area contributed by atoms with Crippen molar-refractivity contribution in [2.45, 2.75) is 39.0 Å². The third-order valence-corrected chi connectivity index (χ3v) is 6.27.